The molecule has 3 heteroatoms. The van der Waals surface area contributed by atoms with Crippen LogP contribution in [0.2, 0.25) is 0 Å². The van der Waals surface area contributed by atoms with Gasteiger partial charge < -0.3 is 4.98 Å². The predicted octanol–water partition coefficient (Wildman–Crippen LogP) is 7.54. The van der Waals surface area contributed by atoms with E-state index in [-0.39, 0.29) is 11.0 Å². The maximum Gasteiger partial charge on any atom is 0.0466 e. The molecule has 3 aromatic carbocycles. The van der Waals surface area contributed by atoms with Gasteiger partial charge in [-0.15, -0.1) is 11.8 Å². The summed E-state index contributed by atoms with van der Waals surface area (Å²) in [6.07, 6.45) is 7.30. The molecule has 0 aliphatic heterocycles. The lowest BCUT2D eigenvalue weighted by Gasteiger charge is -2.55. The summed E-state index contributed by atoms with van der Waals surface area (Å²) >= 11 is 2.11. The molecule has 6 rings (SSSR count). The zero-order valence-corrected chi connectivity index (χ0v) is 21.1. The first kappa shape index (κ1) is 22.0. The Kier molecular flexibility index (Phi) is 5.58. The monoisotopic (exact) mass is 466 g/mol. The largest absolute Gasteiger partial charge is 0.358 e. The number of nitrogens with one attached hydrogen (secondary N) is 1. The number of fused-ring (bicyclic) bond motifs is 4. The number of rotatable bonds is 4. The molecule has 1 saturated carbocycles. The number of para-hydroxylation sites is 1. The van der Waals surface area contributed by atoms with Crippen LogP contribution in [0.4, 0.5) is 0 Å². The van der Waals surface area contributed by atoms with Gasteiger partial charge in [0.05, 0.1) is 0 Å². The van der Waals surface area contributed by atoms with Crippen molar-refractivity contribution in [2.45, 2.75) is 59.6 Å². The summed E-state index contributed by atoms with van der Waals surface area (Å²) in [7, 11) is 4.56. The van der Waals surface area contributed by atoms with Crippen molar-refractivity contribution in [3.05, 3.63) is 102 Å². The summed E-state index contributed by atoms with van der Waals surface area (Å²) in [4.78, 5) is 7.85. The Morgan fingerprint density at radius 2 is 1.53 bits per heavy atom. The van der Waals surface area contributed by atoms with Gasteiger partial charge in [0.25, 0.3) is 0 Å². The second-order valence-corrected chi connectivity index (χ2v) is 11.7. The van der Waals surface area contributed by atoms with Gasteiger partial charge in [0.2, 0.25) is 0 Å². The molecule has 1 spiro atoms. The van der Waals surface area contributed by atoms with Crippen molar-refractivity contribution in [3.63, 3.8) is 0 Å². The number of hydrogen-bond acceptors (Lipinski definition) is 2. The highest BCUT2D eigenvalue weighted by Crippen LogP contribution is 2.58. The quantitative estimate of drug-likeness (QED) is 0.335. The number of H-pyrrole nitrogens is 1. The number of benzene rings is 3. The van der Waals surface area contributed by atoms with Gasteiger partial charge in [0.1, 0.15) is 0 Å². The summed E-state index contributed by atoms with van der Waals surface area (Å²) in [6.45, 7) is 0. The van der Waals surface area contributed by atoms with Crippen LogP contribution in [-0.2, 0) is 17.4 Å². The fourth-order valence-electron chi connectivity index (χ4n) is 6.85. The minimum atomic E-state index is 0.0581. The summed E-state index contributed by atoms with van der Waals surface area (Å²) in [6, 6.07) is 31.3. The second kappa shape index (κ2) is 8.62. The minimum Gasteiger partial charge on any atom is -0.358 e. The first-order valence-electron chi connectivity index (χ1n) is 12.7. The van der Waals surface area contributed by atoms with Crippen LogP contribution in [0.1, 0.15) is 48.9 Å². The molecule has 174 valence electrons. The Labute approximate surface area is 207 Å². The lowest BCUT2D eigenvalue weighted by atomic mass is 9.59. The Balaban J connectivity index is 1.50. The van der Waals surface area contributed by atoms with E-state index in [0.717, 1.165) is 6.42 Å². The van der Waals surface area contributed by atoms with E-state index in [9.17, 15) is 0 Å². The smallest absolute Gasteiger partial charge is 0.0466 e. The van der Waals surface area contributed by atoms with E-state index in [2.05, 4.69) is 121 Å². The van der Waals surface area contributed by atoms with Gasteiger partial charge in [0, 0.05) is 37.7 Å². The number of nitrogens with zero attached hydrogens (tertiary/aromatic N) is 1. The van der Waals surface area contributed by atoms with Gasteiger partial charge in [0.15, 0.2) is 0 Å². The fourth-order valence-corrected chi connectivity index (χ4v) is 8.43. The zero-order valence-electron chi connectivity index (χ0n) is 20.3. The predicted molar refractivity (Wildman–Crippen MR) is 145 cm³/mol. The van der Waals surface area contributed by atoms with Crippen molar-refractivity contribution < 1.29 is 0 Å². The maximum absolute atomic E-state index is 3.96. The van der Waals surface area contributed by atoms with E-state index < -0.39 is 0 Å². The molecular weight excluding hydrogens is 432 g/mol. The molecule has 0 bridgehead atoms. The van der Waals surface area contributed by atoms with Crippen LogP contribution in [0.3, 0.4) is 0 Å². The molecule has 1 heterocycles. The van der Waals surface area contributed by atoms with Crippen molar-refractivity contribution in [1.82, 2.24) is 9.88 Å². The molecule has 4 aromatic rings. The molecule has 34 heavy (non-hydrogen) atoms. The van der Waals surface area contributed by atoms with E-state index in [1.165, 1.54) is 59.2 Å². The van der Waals surface area contributed by atoms with Crippen LogP contribution in [0.25, 0.3) is 10.9 Å². The van der Waals surface area contributed by atoms with E-state index in [1.54, 1.807) is 5.56 Å². The Bertz CT molecular complexity index is 1280. The van der Waals surface area contributed by atoms with Crippen LogP contribution in [0, 0.1) is 0 Å². The third-order valence-corrected chi connectivity index (χ3v) is 10.1. The van der Waals surface area contributed by atoms with Gasteiger partial charge in [-0.3, -0.25) is 4.90 Å². The van der Waals surface area contributed by atoms with Gasteiger partial charge >= 0.3 is 0 Å². The summed E-state index contributed by atoms with van der Waals surface area (Å²) < 4.78 is 0. The van der Waals surface area contributed by atoms with Gasteiger partial charge in [-0.2, -0.15) is 0 Å². The van der Waals surface area contributed by atoms with Crippen molar-refractivity contribution in [2.75, 3.05) is 14.1 Å². The third-order valence-electron chi connectivity index (χ3n) is 8.67. The highest BCUT2D eigenvalue weighted by atomic mass is 32.2. The standard InChI is InChI=1S/C31H34N2S/c1-33(2)31(23-12-5-3-6-13-23)21-20-30(28(22-31)34-24-14-7-4-8-15-24)19-11-17-26-25-16-9-10-18-27(25)32-29(26)30/h3-10,12-16,18,28,32H,11,17,19-22H2,1-2H3. The number of aryl methyl sites for hydroxylation is 1. The van der Waals surface area contributed by atoms with Crippen LogP contribution in [0.15, 0.2) is 89.8 Å². The highest BCUT2D eigenvalue weighted by Gasteiger charge is 2.54. The average molecular weight is 467 g/mol. The van der Waals surface area contributed by atoms with Crippen molar-refractivity contribution in [1.29, 1.82) is 0 Å². The van der Waals surface area contributed by atoms with E-state index in [0.29, 0.717) is 5.25 Å². The van der Waals surface area contributed by atoms with Crippen LogP contribution < -0.4 is 0 Å². The number of aromatic nitrogens is 1. The van der Waals surface area contributed by atoms with E-state index in [1.807, 2.05) is 0 Å². The van der Waals surface area contributed by atoms with Crippen LogP contribution in [0.5, 0.6) is 0 Å². The lowest BCUT2D eigenvalue weighted by Crippen LogP contribution is -2.55. The molecule has 2 aliphatic rings. The van der Waals surface area contributed by atoms with Crippen LogP contribution >= 0.6 is 11.8 Å². The second-order valence-electron chi connectivity index (χ2n) is 10.4. The Morgan fingerprint density at radius 3 is 2.29 bits per heavy atom. The molecule has 1 N–H and O–H groups in total. The summed E-state index contributed by atoms with van der Waals surface area (Å²) in [5.41, 5.74) is 6.13. The van der Waals surface area contributed by atoms with Crippen LogP contribution in [-0.4, -0.2) is 29.2 Å². The SMILES string of the molecule is CN(C)C1(c2ccccc2)CCC2(CCCc3c2[nH]c2ccccc32)C(Sc2ccccc2)C1. The third kappa shape index (κ3) is 3.44. The molecule has 1 fully saturated rings. The average Bonchev–Trinajstić information content (AvgIpc) is 3.27. The summed E-state index contributed by atoms with van der Waals surface area (Å²) in [5.74, 6) is 0. The Morgan fingerprint density at radius 1 is 0.824 bits per heavy atom. The molecule has 1 aromatic heterocycles. The topological polar surface area (TPSA) is 19.0 Å². The van der Waals surface area contributed by atoms with Crippen molar-refractivity contribution >= 4 is 22.7 Å². The molecule has 3 unspecified atom stereocenters. The molecule has 3 atom stereocenters. The lowest BCUT2D eigenvalue weighted by molar-refractivity contribution is 0.0629. The molecule has 2 aliphatic carbocycles. The highest BCUT2D eigenvalue weighted by molar-refractivity contribution is 8.00. The molecule has 0 amide bonds. The first-order valence-corrected chi connectivity index (χ1v) is 13.6. The molecule has 0 saturated heterocycles. The van der Waals surface area contributed by atoms with Gasteiger partial charge in [-0.05, 0) is 81.9 Å². The van der Waals surface area contributed by atoms with Gasteiger partial charge in [-0.25, -0.2) is 0 Å². The summed E-state index contributed by atoms with van der Waals surface area (Å²) in [5, 5.41) is 1.94. The van der Waals surface area contributed by atoms with E-state index in [4.69, 9.17) is 0 Å². The van der Waals surface area contributed by atoms with E-state index >= 15 is 0 Å². The molecule has 2 nitrogen and oxygen atoms in total. The normalized spacial score (nSPS) is 26.7. The maximum atomic E-state index is 3.96. The first-order chi connectivity index (χ1) is 16.6. The zero-order chi connectivity index (χ0) is 23.2. The Hall–Kier alpha value is -2.49. The fraction of sp³-hybridized carbons (Fsp3) is 0.355. The number of hydrogen-bond donors (Lipinski definition) is 1. The van der Waals surface area contributed by atoms with Gasteiger partial charge in [-0.1, -0.05) is 66.7 Å². The minimum absolute atomic E-state index is 0.0581. The molecular formula is C31H34N2S. The molecule has 0 radical (unpaired) electrons. The van der Waals surface area contributed by atoms with Crippen molar-refractivity contribution in [3.8, 4) is 0 Å². The van der Waals surface area contributed by atoms with Crippen molar-refractivity contribution in [2.24, 2.45) is 0 Å². The number of thioether (sulfide) groups is 1. The number of aromatic amines is 1.